The highest BCUT2D eigenvalue weighted by atomic mass is 19.3. The monoisotopic (exact) mass is 426 g/mol. The van der Waals surface area contributed by atoms with Crippen molar-refractivity contribution in [2.24, 2.45) is 0 Å². The number of nitrogens with zero attached hydrogens (tertiary/aromatic N) is 3. The fourth-order valence-corrected chi connectivity index (χ4v) is 3.98. The van der Waals surface area contributed by atoms with Gasteiger partial charge in [-0.05, 0) is 50.2 Å². The number of nitriles is 1. The molecule has 0 bridgehead atoms. The minimum absolute atomic E-state index is 0.00785. The number of hydrogen-bond acceptors (Lipinski definition) is 6. The van der Waals surface area contributed by atoms with E-state index in [1.807, 2.05) is 30.3 Å². The maximum Gasteiger partial charge on any atom is 0.265 e. The highest BCUT2D eigenvalue weighted by molar-refractivity contribution is 5.83. The molecule has 3 N–H and O–H groups in total. The second kappa shape index (κ2) is 8.40. The Bertz CT molecular complexity index is 1140. The molecule has 0 saturated heterocycles. The summed E-state index contributed by atoms with van der Waals surface area (Å²) in [5.41, 5.74) is 1.45. The summed E-state index contributed by atoms with van der Waals surface area (Å²) in [6, 6.07) is 10.2. The molecule has 6 nitrogen and oxygen atoms in total. The van der Waals surface area contributed by atoms with Crippen molar-refractivity contribution in [1.82, 2.24) is 15.3 Å². The van der Waals surface area contributed by atoms with Gasteiger partial charge in [-0.2, -0.15) is 5.26 Å². The van der Waals surface area contributed by atoms with Crippen molar-refractivity contribution in [2.45, 2.75) is 37.3 Å². The average Bonchev–Trinajstić information content (AvgIpc) is 2.75. The van der Waals surface area contributed by atoms with E-state index in [9.17, 15) is 18.4 Å². The van der Waals surface area contributed by atoms with Crippen molar-refractivity contribution in [2.75, 3.05) is 17.7 Å². The molecule has 1 aliphatic carbocycles. The van der Waals surface area contributed by atoms with Crippen LogP contribution in [0.3, 0.4) is 0 Å². The number of likely N-dealkylation sites (N-methyl/N-ethyl adjacent to an activating group) is 1. The van der Waals surface area contributed by atoms with Crippen molar-refractivity contribution in [1.29, 1.82) is 5.26 Å². The van der Waals surface area contributed by atoms with Gasteiger partial charge in [-0.25, -0.2) is 18.2 Å². The molecule has 9 heteroatoms. The quantitative estimate of drug-likeness (QED) is 0.554. The number of rotatable bonds is 5. The lowest BCUT2D eigenvalue weighted by Crippen LogP contribution is -2.56. The van der Waals surface area contributed by atoms with E-state index in [4.69, 9.17) is 0 Å². The summed E-state index contributed by atoms with van der Waals surface area (Å²) in [6.07, 6.45) is 2.24. The third-order valence-electron chi connectivity index (χ3n) is 5.48. The number of benzene rings is 1. The molecule has 0 aliphatic heterocycles. The van der Waals surface area contributed by atoms with E-state index in [0.29, 0.717) is 18.5 Å². The summed E-state index contributed by atoms with van der Waals surface area (Å²) in [4.78, 5) is 8.48. The predicted octanol–water partition coefficient (Wildman–Crippen LogP) is 4.57. The van der Waals surface area contributed by atoms with Crippen LogP contribution in [0.15, 0.2) is 42.6 Å². The van der Waals surface area contributed by atoms with Gasteiger partial charge >= 0.3 is 0 Å². The van der Waals surface area contributed by atoms with Crippen LogP contribution in [0, 0.1) is 17.1 Å². The number of pyridine rings is 2. The molecule has 0 unspecified atom stereocenters. The van der Waals surface area contributed by atoms with Gasteiger partial charge < -0.3 is 16.0 Å². The molecule has 2 aromatic heterocycles. The summed E-state index contributed by atoms with van der Waals surface area (Å²) in [7, 11) is 1.46. The molecular weight excluding hydrogens is 405 g/mol. The van der Waals surface area contributed by atoms with Gasteiger partial charge in [0.2, 0.25) is 0 Å². The van der Waals surface area contributed by atoms with Gasteiger partial charge in [-0.3, -0.25) is 4.98 Å². The molecule has 0 radical (unpaired) electrons. The van der Waals surface area contributed by atoms with Crippen LogP contribution in [-0.4, -0.2) is 35.0 Å². The normalized spacial score (nSPS) is 20.2. The lowest BCUT2D eigenvalue weighted by molar-refractivity contribution is -0.0654. The van der Waals surface area contributed by atoms with Gasteiger partial charge in [0.25, 0.3) is 5.92 Å². The molecule has 3 aromatic rings. The van der Waals surface area contributed by atoms with Crippen LogP contribution < -0.4 is 16.0 Å². The molecule has 160 valence electrons. The number of hydrogen-bond donors (Lipinski definition) is 3. The van der Waals surface area contributed by atoms with E-state index in [1.54, 1.807) is 12.3 Å². The second-order valence-corrected chi connectivity index (χ2v) is 7.53. The number of aromatic nitrogens is 2. The number of anilines is 3. The van der Waals surface area contributed by atoms with Crippen LogP contribution in [0.4, 0.5) is 30.5 Å². The maximum absolute atomic E-state index is 14.6. The third kappa shape index (κ3) is 4.25. The van der Waals surface area contributed by atoms with E-state index < -0.39 is 23.8 Å². The third-order valence-corrected chi connectivity index (χ3v) is 5.48. The Balaban J connectivity index is 1.64. The molecule has 31 heavy (non-hydrogen) atoms. The van der Waals surface area contributed by atoms with Crippen LogP contribution >= 0.6 is 0 Å². The van der Waals surface area contributed by atoms with Crippen molar-refractivity contribution in [3.05, 3.63) is 54.0 Å². The van der Waals surface area contributed by atoms with Crippen molar-refractivity contribution < 1.29 is 13.2 Å². The van der Waals surface area contributed by atoms with Gasteiger partial charge in [0, 0.05) is 29.7 Å². The van der Waals surface area contributed by atoms with Gasteiger partial charge in [0.05, 0.1) is 17.1 Å². The summed E-state index contributed by atoms with van der Waals surface area (Å²) in [6.45, 7) is 0. The minimum atomic E-state index is -2.91. The van der Waals surface area contributed by atoms with Crippen LogP contribution in [0.25, 0.3) is 10.9 Å². The molecule has 2 heterocycles. The molecule has 0 amide bonds. The molecular formula is C22H21F3N6. The lowest BCUT2D eigenvalue weighted by atomic mass is 9.87. The van der Waals surface area contributed by atoms with Crippen LogP contribution in [0.2, 0.25) is 0 Å². The van der Waals surface area contributed by atoms with Gasteiger partial charge in [-0.1, -0.05) is 6.07 Å². The Morgan fingerprint density at radius 2 is 2.03 bits per heavy atom. The smallest absolute Gasteiger partial charge is 0.265 e. The van der Waals surface area contributed by atoms with Crippen LogP contribution in [0.1, 0.15) is 24.8 Å². The first-order valence-corrected chi connectivity index (χ1v) is 9.95. The van der Waals surface area contributed by atoms with Gasteiger partial charge in [-0.15, -0.1) is 0 Å². The predicted molar refractivity (Wildman–Crippen MR) is 113 cm³/mol. The van der Waals surface area contributed by atoms with Gasteiger partial charge in [0.15, 0.2) is 17.5 Å². The number of fused-ring (bicyclic) bond motifs is 1. The van der Waals surface area contributed by atoms with Crippen LogP contribution in [0.5, 0.6) is 0 Å². The first-order valence-electron chi connectivity index (χ1n) is 9.95. The van der Waals surface area contributed by atoms with E-state index in [0.717, 1.165) is 17.0 Å². The standard InChI is InChI=1S/C22H21F3N6/c1-27-19-18(5-2-8-22(19,24)25)30-21-16(23)11-14(12-26)20(31-21)29-15-6-7-17-13(10-15)4-3-9-28-17/h3-4,6-7,9-11,18-19,27H,2,5,8H2,1H3,(H2,29,30,31)/t18-,19-/m1/s1. The molecule has 0 spiro atoms. The minimum Gasteiger partial charge on any atom is -0.363 e. The molecule has 4 rings (SSSR count). The molecule has 1 aromatic carbocycles. The summed E-state index contributed by atoms with van der Waals surface area (Å²) in [5, 5.41) is 18.8. The Hall–Kier alpha value is -3.38. The topological polar surface area (TPSA) is 85.7 Å². The summed E-state index contributed by atoms with van der Waals surface area (Å²) < 4.78 is 43.1. The van der Waals surface area contributed by atoms with Crippen molar-refractivity contribution in [3.8, 4) is 6.07 Å². The second-order valence-electron chi connectivity index (χ2n) is 7.53. The molecule has 2 atom stereocenters. The first-order chi connectivity index (χ1) is 14.9. The Morgan fingerprint density at radius 1 is 1.19 bits per heavy atom. The largest absolute Gasteiger partial charge is 0.363 e. The van der Waals surface area contributed by atoms with Crippen LogP contribution in [-0.2, 0) is 0 Å². The van der Waals surface area contributed by atoms with E-state index >= 15 is 0 Å². The SMILES string of the molecule is CN[C@@H]1[C@H](Nc2nc(Nc3ccc4ncccc4c3)c(C#N)cc2F)CCCC1(F)F. The maximum atomic E-state index is 14.6. The lowest BCUT2D eigenvalue weighted by Gasteiger charge is -2.38. The fourth-order valence-electron chi connectivity index (χ4n) is 3.98. The zero-order valence-electron chi connectivity index (χ0n) is 16.8. The number of alkyl halides is 2. The fraction of sp³-hybridized carbons (Fsp3) is 0.318. The highest BCUT2D eigenvalue weighted by Crippen LogP contribution is 2.35. The molecule has 1 saturated carbocycles. The summed E-state index contributed by atoms with van der Waals surface area (Å²) in [5.74, 6) is -3.72. The zero-order valence-corrected chi connectivity index (χ0v) is 16.8. The average molecular weight is 426 g/mol. The van der Waals surface area contributed by atoms with Crippen molar-refractivity contribution >= 4 is 28.2 Å². The zero-order chi connectivity index (χ0) is 22.0. The Morgan fingerprint density at radius 3 is 2.81 bits per heavy atom. The van der Waals surface area contributed by atoms with E-state index in [1.165, 1.54) is 7.05 Å². The number of nitrogens with one attached hydrogen (secondary N) is 3. The van der Waals surface area contributed by atoms with Crippen molar-refractivity contribution in [3.63, 3.8) is 0 Å². The number of halogens is 3. The summed E-state index contributed by atoms with van der Waals surface area (Å²) >= 11 is 0. The van der Waals surface area contributed by atoms with E-state index in [-0.39, 0.29) is 23.6 Å². The van der Waals surface area contributed by atoms with E-state index in [2.05, 4.69) is 25.9 Å². The molecule has 1 fully saturated rings. The van der Waals surface area contributed by atoms with Gasteiger partial charge in [0.1, 0.15) is 6.07 Å². The highest BCUT2D eigenvalue weighted by Gasteiger charge is 2.46. The Labute approximate surface area is 177 Å². The molecule has 1 aliphatic rings. The Kier molecular flexibility index (Phi) is 5.65. The first kappa shape index (κ1) is 20.9.